The summed E-state index contributed by atoms with van der Waals surface area (Å²) >= 11 is 0. The number of fused-ring (bicyclic) bond motifs is 3. The Balaban J connectivity index is 1.40. The van der Waals surface area contributed by atoms with Gasteiger partial charge in [-0.1, -0.05) is 55.5 Å². The number of hydrogen-bond acceptors (Lipinski definition) is 5. The summed E-state index contributed by atoms with van der Waals surface area (Å²) in [4.78, 5) is 38.6. The number of carboxylic acids is 1. The molecule has 0 spiro atoms. The first-order valence-electron chi connectivity index (χ1n) is 12.2. The van der Waals surface area contributed by atoms with E-state index < -0.39 is 23.7 Å². The van der Waals surface area contributed by atoms with Crippen molar-refractivity contribution in [2.75, 3.05) is 19.7 Å². The van der Waals surface area contributed by atoms with E-state index in [1.807, 2.05) is 55.5 Å². The summed E-state index contributed by atoms with van der Waals surface area (Å²) in [5.41, 5.74) is 3.61. The number of rotatable bonds is 8. The van der Waals surface area contributed by atoms with E-state index >= 15 is 0 Å². The molecule has 35 heavy (non-hydrogen) atoms. The number of nitrogens with one attached hydrogen (secondary N) is 1. The van der Waals surface area contributed by atoms with Crippen LogP contribution in [0.1, 0.15) is 56.1 Å². The normalized spacial score (nSPS) is 17.3. The van der Waals surface area contributed by atoms with Crippen molar-refractivity contribution in [2.45, 2.75) is 56.6 Å². The van der Waals surface area contributed by atoms with Crippen LogP contribution in [0.15, 0.2) is 48.5 Å². The maximum absolute atomic E-state index is 13.1. The van der Waals surface area contributed by atoms with E-state index in [4.69, 9.17) is 9.84 Å². The molecular weight excluding hydrogens is 448 g/mol. The number of amides is 2. The first kappa shape index (κ1) is 24.7. The van der Waals surface area contributed by atoms with Crippen LogP contribution in [-0.2, 0) is 14.3 Å². The van der Waals surface area contributed by atoms with Gasteiger partial charge in [-0.3, -0.25) is 9.59 Å². The van der Waals surface area contributed by atoms with Crippen LogP contribution in [0.25, 0.3) is 11.1 Å². The van der Waals surface area contributed by atoms with E-state index in [-0.39, 0.29) is 31.3 Å². The zero-order valence-corrected chi connectivity index (χ0v) is 19.9. The van der Waals surface area contributed by atoms with E-state index in [0.717, 1.165) is 22.3 Å². The number of carboxylic acid groups (broad SMARTS) is 1. The topological polar surface area (TPSA) is 116 Å². The zero-order chi connectivity index (χ0) is 25.0. The fraction of sp³-hybridized carbons (Fsp3) is 0.444. The van der Waals surface area contributed by atoms with Crippen LogP contribution in [-0.4, -0.2) is 64.4 Å². The zero-order valence-electron chi connectivity index (χ0n) is 19.9. The summed E-state index contributed by atoms with van der Waals surface area (Å²) in [7, 11) is 0. The van der Waals surface area contributed by atoms with Gasteiger partial charge >= 0.3 is 12.1 Å². The first-order chi connectivity index (χ1) is 16.8. The summed E-state index contributed by atoms with van der Waals surface area (Å²) in [6.07, 6.45) is 0.463. The summed E-state index contributed by atoms with van der Waals surface area (Å²) < 4.78 is 5.56. The Morgan fingerprint density at radius 2 is 1.63 bits per heavy atom. The van der Waals surface area contributed by atoms with Gasteiger partial charge in [0, 0.05) is 25.4 Å². The molecule has 4 rings (SSSR count). The van der Waals surface area contributed by atoms with Crippen molar-refractivity contribution in [2.24, 2.45) is 0 Å². The third kappa shape index (κ3) is 5.48. The molecule has 2 aromatic rings. The highest BCUT2D eigenvalue weighted by Gasteiger charge is 2.35. The Labute approximate surface area is 204 Å². The minimum absolute atomic E-state index is 0.0348. The van der Waals surface area contributed by atoms with Gasteiger partial charge in [-0.05, 0) is 47.9 Å². The molecule has 8 heteroatoms. The van der Waals surface area contributed by atoms with E-state index in [0.29, 0.717) is 32.4 Å². The van der Waals surface area contributed by atoms with Crippen molar-refractivity contribution >= 4 is 18.0 Å². The van der Waals surface area contributed by atoms with E-state index in [1.54, 1.807) is 4.90 Å². The molecule has 1 unspecified atom stereocenters. The molecule has 8 nitrogen and oxygen atoms in total. The van der Waals surface area contributed by atoms with Crippen LogP contribution in [0.3, 0.4) is 0 Å². The van der Waals surface area contributed by atoms with Crippen molar-refractivity contribution in [3.63, 3.8) is 0 Å². The highest BCUT2D eigenvalue weighted by atomic mass is 16.5. The lowest BCUT2D eigenvalue weighted by Crippen LogP contribution is -2.53. The maximum Gasteiger partial charge on any atom is 0.407 e. The fourth-order valence-electron chi connectivity index (χ4n) is 5.02. The molecule has 1 fully saturated rings. The Hall–Kier alpha value is -3.39. The first-order valence-corrected chi connectivity index (χ1v) is 12.2. The van der Waals surface area contributed by atoms with Gasteiger partial charge in [0.2, 0.25) is 5.91 Å². The summed E-state index contributed by atoms with van der Waals surface area (Å²) in [6.45, 7) is 2.73. The third-order valence-electron chi connectivity index (χ3n) is 7.24. The van der Waals surface area contributed by atoms with E-state index in [9.17, 15) is 19.5 Å². The number of carbonyl (C=O) groups is 3. The van der Waals surface area contributed by atoms with Crippen LogP contribution in [0.4, 0.5) is 4.79 Å². The molecule has 2 amide bonds. The van der Waals surface area contributed by atoms with E-state index in [2.05, 4.69) is 5.32 Å². The molecule has 0 aromatic heterocycles. The highest BCUT2D eigenvalue weighted by Crippen LogP contribution is 2.44. The number of ether oxygens (including phenoxy) is 1. The molecule has 0 radical (unpaired) electrons. The number of alkyl carbamates (subject to hydrolysis) is 1. The number of likely N-dealkylation sites (tertiary alicyclic amines) is 1. The molecule has 2 aromatic carbocycles. The van der Waals surface area contributed by atoms with Crippen LogP contribution >= 0.6 is 0 Å². The average Bonchev–Trinajstić information content (AvgIpc) is 3.19. The second kappa shape index (κ2) is 10.5. The Kier molecular flexibility index (Phi) is 7.40. The number of piperidine rings is 1. The second-order valence-electron chi connectivity index (χ2n) is 9.36. The molecule has 1 saturated heterocycles. The lowest BCUT2D eigenvalue weighted by Gasteiger charge is -2.39. The third-order valence-corrected chi connectivity index (χ3v) is 7.24. The summed E-state index contributed by atoms with van der Waals surface area (Å²) in [5.74, 6) is -1.51. The molecule has 0 saturated carbocycles. The monoisotopic (exact) mass is 480 g/mol. The summed E-state index contributed by atoms with van der Waals surface area (Å²) in [6, 6.07) is 15.0. The Morgan fingerprint density at radius 3 is 2.17 bits per heavy atom. The molecule has 2 aliphatic rings. The number of aliphatic hydroxyl groups is 1. The molecule has 1 aliphatic heterocycles. The minimum Gasteiger partial charge on any atom is -0.481 e. The standard InChI is InChI=1S/C27H32N2O6/c1-2-27(34)13-15-29(16-14-27)25(32)23(11-12-24(30)31)28-26(33)35-17-22-20-9-5-3-7-18(20)19-8-4-6-10-21(19)22/h3-10,22-23,34H,2,11-17H2,1H3,(H,28,33)(H,30,31). The Bertz CT molecular complexity index is 1050. The van der Waals surface area contributed by atoms with Crippen LogP contribution in [0.2, 0.25) is 0 Å². The highest BCUT2D eigenvalue weighted by molar-refractivity contribution is 5.86. The quantitative estimate of drug-likeness (QED) is 0.532. The van der Waals surface area contributed by atoms with Gasteiger partial charge in [-0.25, -0.2) is 4.79 Å². The van der Waals surface area contributed by atoms with Crippen LogP contribution < -0.4 is 5.32 Å². The molecule has 0 bridgehead atoms. The molecule has 1 heterocycles. The summed E-state index contributed by atoms with van der Waals surface area (Å²) in [5, 5.41) is 22.2. The smallest absolute Gasteiger partial charge is 0.407 e. The van der Waals surface area contributed by atoms with Gasteiger partial charge in [-0.15, -0.1) is 0 Å². The Morgan fingerprint density at radius 1 is 1.06 bits per heavy atom. The number of aliphatic carboxylic acids is 1. The number of carbonyl (C=O) groups excluding carboxylic acids is 2. The van der Waals surface area contributed by atoms with Crippen molar-refractivity contribution in [3.8, 4) is 11.1 Å². The van der Waals surface area contributed by atoms with Gasteiger partial charge in [0.15, 0.2) is 0 Å². The molecule has 1 aliphatic carbocycles. The SMILES string of the molecule is CCC1(O)CCN(C(=O)C(CCC(=O)O)NC(=O)OCC2c3ccccc3-c3ccccc32)CC1. The fourth-order valence-corrected chi connectivity index (χ4v) is 5.02. The maximum atomic E-state index is 13.1. The van der Waals surface area contributed by atoms with Crippen molar-refractivity contribution in [3.05, 3.63) is 59.7 Å². The lowest BCUT2D eigenvalue weighted by atomic mass is 9.88. The van der Waals surface area contributed by atoms with Crippen molar-refractivity contribution in [1.82, 2.24) is 10.2 Å². The van der Waals surface area contributed by atoms with Crippen molar-refractivity contribution in [1.29, 1.82) is 0 Å². The van der Waals surface area contributed by atoms with Gasteiger partial charge in [0.25, 0.3) is 0 Å². The molecular formula is C27H32N2O6. The lowest BCUT2D eigenvalue weighted by molar-refractivity contribution is -0.139. The van der Waals surface area contributed by atoms with Crippen LogP contribution in [0, 0.1) is 0 Å². The number of nitrogens with zero attached hydrogens (tertiary/aromatic N) is 1. The second-order valence-corrected chi connectivity index (χ2v) is 9.36. The predicted molar refractivity (Wildman–Crippen MR) is 130 cm³/mol. The largest absolute Gasteiger partial charge is 0.481 e. The molecule has 1 atom stereocenters. The van der Waals surface area contributed by atoms with E-state index in [1.165, 1.54) is 0 Å². The van der Waals surface area contributed by atoms with Gasteiger partial charge in [0.1, 0.15) is 12.6 Å². The van der Waals surface area contributed by atoms with Gasteiger partial charge in [0.05, 0.1) is 5.60 Å². The molecule has 3 N–H and O–H groups in total. The van der Waals surface area contributed by atoms with Crippen molar-refractivity contribution < 1.29 is 29.3 Å². The van der Waals surface area contributed by atoms with Crippen LogP contribution in [0.5, 0.6) is 0 Å². The number of hydrogen-bond donors (Lipinski definition) is 3. The molecule has 186 valence electrons. The predicted octanol–water partition coefficient (Wildman–Crippen LogP) is 3.52. The average molecular weight is 481 g/mol. The minimum atomic E-state index is -1.05. The number of benzene rings is 2. The van der Waals surface area contributed by atoms with Gasteiger partial charge < -0.3 is 25.2 Å². The van der Waals surface area contributed by atoms with Gasteiger partial charge in [-0.2, -0.15) is 0 Å².